The van der Waals surface area contributed by atoms with Gasteiger partial charge in [-0.1, -0.05) is 0 Å². The molecule has 0 aromatic heterocycles. The minimum absolute atomic E-state index is 0.396. The zero-order valence-electron chi connectivity index (χ0n) is 9.04. The van der Waals surface area contributed by atoms with E-state index in [1.807, 2.05) is 21.1 Å². The predicted octanol–water partition coefficient (Wildman–Crippen LogP) is -0.715. The number of allylic oxidation sites excluding steroid dienone is 1. The Hall–Kier alpha value is -1.07. The normalized spacial score (nSPS) is 26.1. The maximum Gasteiger partial charge on any atom is 0.185 e. The third-order valence-electron chi connectivity index (χ3n) is 2.25. The summed E-state index contributed by atoms with van der Waals surface area (Å²) in [5, 5.41) is 6.32. The minimum Gasteiger partial charge on any atom is -0.396 e. The van der Waals surface area contributed by atoms with Crippen molar-refractivity contribution in [2.75, 3.05) is 27.7 Å². The smallest absolute Gasteiger partial charge is 0.185 e. The molecule has 80 valence electrons. The molecule has 0 saturated heterocycles. The molecule has 0 saturated carbocycles. The topological polar surface area (TPSA) is 65.7 Å². The Balaban J connectivity index is 2.57. The third-order valence-corrected chi connectivity index (χ3v) is 2.25. The highest BCUT2D eigenvalue weighted by atomic mass is 15.3. The van der Waals surface area contributed by atoms with Crippen molar-refractivity contribution in [1.29, 1.82) is 0 Å². The largest absolute Gasteiger partial charge is 0.396 e. The first-order chi connectivity index (χ1) is 6.58. The summed E-state index contributed by atoms with van der Waals surface area (Å²) in [6.07, 6.45) is 4.35. The van der Waals surface area contributed by atoms with Gasteiger partial charge in [-0.3, -0.25) is 5.32 Å². The lowest BCUT2D eigenvalue weighted by molar-refractivity contribution is 0.255. The molecule has 4 N–H and O–H groups in total. The summed E-state index contributed by atoms with van der Waals surface area (Å²) in [5.74, 6) is -0.396. The van der Waals surface area contributed by atoms with E-state index in [1.165, 1.54) is 0 Å². The van der Waals surface area contributed by atoms with Crippen molar-refractivity contribution in [3.63, 3.8) is 0 Å². The Morgan fingerprint density at radius 3 is 2.79 bits per heavy atom. The molecule has 1 aliphatic heterocycles. The van der Waals surface area contributed by atoms with E-state index in [2.05, 4.69) is 20.5 Å². The van der Waals surface area contributed by atoms with Crippen LogP contribution in [0.4, 0.5) is 0 Å². The summed E-state index contributed by atoms with van der Waals surface area (Å²) >= 11 is 0. The lowest BCUT2D eigenvalue weighted by Crippen LogP contribution is -2.54. The van der Waals surface area contributed by atoms with E-state index in [0.29, 0.717) is 5.70 Å². The van der Waals surface area contributed by atoms with Crippen LogP contribution in [0.2, 0.25) is 0 Å². The highest BCUT2D eigenvalue weighted by Gasteiger charge is 2.26. The van der Waals surface area contributed by atoms with E-state index in [0.717, 1.165) is 13.0 Å². The van der Waals surface area contributed by atoms with Crippen LogP contribution in [0.1, 0.15) is 6.42 Å². The van der Waals surface area contributed by atoms with Crippen LogP contribution in [0.25, 0.3) is 0 Å². The maximum absolute atomic E-state index is 5.58. The monoisotopic (exact) mass is 197 g/mol. The molecule has 0 bridgehead atoms. The predicted molar refractivity (Wildman–Crippen MR) is 58.9 cm³/mol. The van der Waals surface area contributed by atoms with E-state index in [-0.39, 0.29) is 0 Å². The van der Waals surface area contributed by atoms with Crippen LogP contribution in [-0.2, 0) is 0 Å². The van der Waals surface area contributed by atoms with Crippen LogP contribution in [-0.4, -0.2) is 44.6 Å². The van der Waals surface area contributed by atoms with Gasteiger partial charge in [-0.15, -0.1) is 0 Å². The number of aliphatic imine (C=N–C) groups is 1. The fourth-order valence-corrected chi connectivity index (χ4v) is 1.25. The molecule has 0 aromatic carbocycles. The van der Waals surface area contributed by atoms with E-state index < -0.39 is 5.79 Å². The standard InChI is InChI=1S/C9H19N5/c1-11-9(4-5-14(2)3)12-6-8(10)7-13-9/h6-7,11-12H,4-5,10H2,1-3H3. The first kappa shape index (κ1) is 11.0. The first-order valence-corrected chi connectivity index (χ1v) is 4.70. The van der Waals surface area contributed by atoms with E-state index in [1.54, 1.807) is 12.4 Å². The molecule has 1 unspecified atom stereocenters. The number of hydrogen-bond acceptors (Lipinski definition) is 5. The van der Waals surface area contributed by atoms with Crippen LogP contribution < -0.4 is 16.4 Å². The second-order valence-electron chi connectivity index (χ2n) is 3.71. The van der Waals surface area contributed by atoms with Gasteiger partial charge in [0.05, 0.1) is 5.70 Å². The number of rotatable bonds is 4. The fraction of sp³-hybridized carbons (Fsp3) is 0.667. The van der Waals surface area contributed by atoms with Crippen molar-refractivity contribution in [3.05, 3.63) is 11.9 Å². The molecule has 1 aliphatic rings. The molecule has 1 rings (SSSR count). The summed E-state index contributed by atoms with van der Waals surface area (Å²) in [5.41, 5.74) is 6.23. The molecule has 0 radical (unpaired) electrons. The van der Waals surface area contributed by atoms with Gasteiger partial charge in [0.25, 0.3) is 0 Å². The molecule has 0 aliphatic carbocycles. The van der Waals surface area contributed by atoms with Crippen molar-refractivity contribution >= 4 is 6.21 Å². The summed E-state index contributed by atoms with van der Waals surface area (Å²) in [7, 11) is 5.97. The van der Waals surface area contributed by atoms with Gasteiger partial charge in [0, 0.05) is 25.4 Å². The van der Waals surface area contributed by atoms with Gasteiger partial charge in [0.15, 0.2) is 5.79 Å². The molecular weight excluding hydrogens is 178 g/mol. The number of nitrogens with two attached hydrogens (primary N) is 1. The van der Waals surface area contributed by atoms with Crippen molar-refractivity contribution in [1.82, 2.24) is 15.5 Å². The summed E-state index contributed by atoms with van der Waals surface area (Å²) in [6.45, 7) is 0.957. The summed E-state index contributed by atoms with van der Waals surface area (Å²) in [6, 6.07) is 0. The van der Waals surface area contributed by atoms with Gasteiger partial charge >= 0.3 is 0 Å². The van der Waals surface area contributed by atoms with Crippen molar-refractivity contribution in [2.24, 2.45) is 10.7 Å². The fourth-order valence-electron chi connectivity index (χ4n) is 1.25. The van der Waals surface area contributed by atoms with Crippen molar-refractivity contribution in [3.8, 4) is 0 Å². The van der Waals surface area contributed by atoms with Gasteiger partial charge in [-0.05, 0) is 21.1 Å². The molecule has 0 aromatic rings. The van der Waals surface area contributed by atoms with E-state index >= 15 is 0 Å². The average molecular weight is 197 g/mol. The Morgan fingerprint density at radius 2 is 2.36 bits per heavy atom. The molecular formula is C9H19N5. The Morgan fingerprint density at radius 1 is 1.64 bits per heavy atom. The van der Waals surface area contributed by atoms with Crippen LogP contribution in [0.3, 0.4) is 0 Å². The van der Waals surface area contributed by atoms with Gasteiger partial charge in [0.2, 0.25) is 0 Å². The van der Waals surface area contributed by atoms with Gasteiger partial charge in [-0.2, -0.15) is 0 Å². The molecule has 1 heterocycles. The molecule has 0 spiro atoms. The van der Waals surface area contributed by atoms with Crippen molar-refractivity contribution < 1.29 is 0 Å². The van der Waals surface area contributed by atoms with Gasteiger partial charge in [-0.25, -0.2) is 4.99 Å². The lowest BCUT2D eigenvalue weighted by atomic mass is 10.2. The highest BCUT2D eigenvalue weighted by Crippen LogP contribution is 2.11. The number of hydrogen-bond donors (Lipinski definition) is 3. The quantitative estimate of drug-likeness (QED) is 0.557. The van der Waals surface area contributed by atoms with E-state index in [4.69, 9.17) is 5.73 Å². The van der Waals surface area contributed by atoms with Crippen LogP contribution in [0, 0.1) is 0 Å². The number of nitrogens with one attached hydrogen (secondary N) is 2. The molecule has 5 nitrogen and oxygen atoms in total. The van der Waals surface area contributed by atoms with Gasteiger partial charge in [0.1, 0.15) is 0 Å². The Bertz CT molecular complexity index is 246. The Labute approximate surface area is 85.1 Å². The van der Waals surface area contributed by atoms with Crippen LogP contribution >= 0.6 is 0 Å². The van der Waals surface area contributed by atoms with Crippen LogP contribution in [0.15, 0.2) is 16.9 Å². The third kappa shape index (κ3) is 2.71. The maximum atomic E-state index is 5.58. The SMILES string of the molecule is CNC1(CCN(C)C)N=CC(N)=CN1. The molecule has 0 amide bonds. The minimum atomic E-state index is -0.396. The highest BCUT2D eigenvalue weighted by molar-refractivity contribution is 5.78. The first-order valence-electron chi connectivity index (χ1n) is 4.70. The number of nitrogens with zero attached hydrogens (tertiary/aromatic N) is 2. The van der Waals surface area contributed by atoms with E-state index in [9.17, 15) is 0 Å². The average Bonchev–Trinajstić information content (AvgIpc) is 2.18. The zero-order valence-corrected chi connectivity index (χ0v) is 9.04. The van der Waals surface area contributed by atoms with Crippen molar-refractivity contribution in [2.45, 2.75) is 12.2 Å². The molecule has 14 heavy (non-hydrogen) atoms. The summed E-state index contributed by atoms with van der Waals surface area (Å²) in [4.78, 5) is 6.49. The summed E-state index contributed by atoms with van der Waals surface area (Å²) < 4.78 is 0. The second-order valence-corrected chi connectivity index (χ2v) is 3.71. The molecule has 1 atom stereocenters. The second kappa shape index (κ2) is 4.43. The molecule has 5 heteroatoms. The molecule has 0 fully saturated rings. The Kier molecular flexibility index (Phi) is 3.49. The lowest BCUT2D eigenvalue weighted by Gasteiger charge is -2.33. The zero-order chi connectivity index (χ0) is 10.6. The van der Waals surface area contributed by atoms with Gasteiger partial charge < -0.3 is 16.0 Å². The van der Waals surface area contributed by atoms with Crippen LogP contribution in [0.5, 0.6) is 0 Å².